The summed E-state index contributed by atoms with van der Waals surface area (Å²) >= 11 is 1.27. The van der Waals surface area contributed by atoms with E-state index in [4.69, 9.17) is 5.26 Å². The van der Waals surface area contributed by atoms with Crippen LogP contribution in [0.2, 0.25) is 0 Å². The molecule has 2 aromatic carbocycles. The van der Waals surface area contributed by atoms with Crippen molar-refractivity contribution < 1.29 is 9.59 Å². The highest BCUT2D eigenvalue weighted by Gasteiger charge is 2.11. The van der Waals surface area contributed by atoms with Crippen LogP contribution in [0.5, 0.6) is 0 Å². The summed E-state index contributed by atoms with van der Waals surface area (Å²) in [5.41, 5.74) is 2.26. The first kappa shape index (κ1) is 17.3. The van der Waals surface area contributed by atoms with Gasteiger partial charge in [0, 0.05) is 16.6 Å². The number of carbonyl (C=O) groups excluding carboxylic acids is 2. The molecule has 1 aromatic heterocycles. The Hall–Kier alpha value is -3.50. The highest BCUT2D eigenvalue weighted by Crippen LogP contribution is 2.17. The van der Waals surface area contributed by atoms with Gasteiger partial charge < -0.3 is 5.32 Å². The zero-order chi connectivity index (χ0) is 18.4. The summed E-state index contributed by atoms with van der Waals surface area (Å²) in [6, 6.07) is 17.5. The summed E-state index contributed by atoms with van der Waals surface area (Å²) in [7, 11) is 0. The topological polar surface area (TPSA) is 94.9 Å². The normalized spacial score (nSPS) is 9.96. The number of carbonyl (C=O) groups is 2. The summed E-state index contributed by atoms with van der Waals surface area (Å²) in [5, 5.41) is 16.4. The van der Waals surface area contributed by atoms with Gasteiger partial charge in [-0.3, -0.25) is 14.9 Å². The minimum atomic E-state index is -0.242. The largest absolute Gasteiger partial charge is 0.326 e. The van der Waals surface area contributed by atoms with Crippen molar-refractivity contribution in [3.63, 3.8) is 0 Å². The highest BCUT2D eigenvalue weighted by atomic mass is 32.1. The molecule has 128 valence electrons. The summed E-state index contributed by atoms with van der Waals surface area (Å²) in [4.78, 5) is 28.5. The first-order valence-corrected chi connectivity index (χ1v) is 8.63. The average Bonchev–Trinajstić information content (AvgIpc) is 3.09. The van der Waals surface area contributed by atoms with Crippen molar-refractivity contribution in [3.05, 3.63) is 76.8 Å². The quantitative estimate of drug-likeness (QED) is 0.727. The predicted octanol–water partition coefficient (Wildman–Crippen LogP) is 3.45. The molecule has 0 saturated carbocycles. The maximum Gasteiger partial charge on any atom is 0.257 e. The van der Waals surface area contributed by atoms with Gasteiger partial charge in [0.2, 0.25) is 5.91 Å². The summed E-state index contributed by atoms with van der Waals surface area (Å²) in [5.74, 6) is -0.463. The van der Waals surface area contributed by atoms with Crippen molar-refractivity contribution in [2.45, 2.75) is 6.42 Å². The van der Waals surface area contributed by atoms with Crippen LogP contribution < -0.4 is 10.6 Å². The van der Waals surface area contributed by atoms with Gasteiger partial charge in [-0.1, -0.05) is 18.2 Å². The molecule has 0 fully saturated rings. The molecule has 0 bridgehead atoms. The molecule has 0 atom stereocenters. The van der Waals surface area contributed by atoms with E-state index < -0.39 is 0 Å². The maximum absolute atomic E-state index is 12.1. The van der Waals surface area contributed by atoms with E-state index in [2.05, 4.69) is 15.6 Å². The van der Waals surface area contributed by atoms with Crippen LogP contribution in [0.1, 0.15) is 21.6 Å². The molecular weight excluding hydrogens is 348 g/mol. The van der Waals surface area contributed by atoms with E-state index in [0.29, 0.717) is 27.6 Å². The molecule has 0 saturated heterocycles. The van der Waals surface area contributed by atoms with E-state index in [0.717, 1.165) is 0 Å². The van der Waals surface area contributed by atoms with E-state index in [-0.39, 0.29) is 18.2 Å². The minimum absolute atomic E-state index is 0.0949. The van der Waals surface area contributed by atoms with Crippen LogP contribution in [0.15, 0.2) is 60.0 Å². The van der Waals surface area contributed by atoms with Crippen molar-refractivity contribution in [1.82, 2.24) is 4.98 Å². The lowest BCUT2D eigenvalue weighted by Gasteiger charge is -2.04. The van der Waals surface area contributed by atoms with Crippen LogP contribution in [-0.2, 0) is 11.2 Å². The van der Waals surface area contributed by atoms with Crippen molar-refractivity contribution in [2.24, 2.45) is 0 Å². The number of rotatable bonds is 5. The van der Waals surface area contributed by atoms with E-state index in [1.807, 2.05) is 12.1 Å². The molecular formula is C19H14N4O2S. The van der Waals surface area contributed by atoms with Crippen molar-refractivity contribution in [2.75, 3.05) is 10.6 Å². The monoisotopic (exact) mass is 362 g/mol. The third-order valence-corrected chi connectivity index (χ3v) is 4.25. The Morgan fingerprint density at radius 2 is 1.77 bits per heavy atom. The molecule has 2 amide bonds. The van der Waals surface area contributed by atoms with Gasteiger partial charge in [-0.2, -0.15) is 5.26 Å². The van der Waals surface area contributed by atoms with Crippen LogP contribution in [0.25, 0.3) is 0 Å². The molecule has 26 heavy (non-hydrogen) atoms. The van der Waals surface area contributed by atoms with Gasteiger partial charge in [0.05, 0.1) is 23.7 Å². The number of thiazole rings is 1. The molecule has 7 heteroatoms. The Morgan fingerprint density at radius 1 is 1.04 bits per heavy atom. The molecule has 0 aliphatic heterocycles. The molecule has 1 heterocycles. The molecule has 3 rings (SSSR count). The molecule has 0 radical (unpaired) electrons. The number of nitrogens with zero attached hydrogens (tertiary/aromatic N) is 2. The summed E-state index contributed by atoms with van der Waals surface area (Å²) in [6.07, 6.45) is 0.0949. The van der Waals surface area contributed by atoms with Crippen LogP contribution >= 0.6 is 11.3 Å². The average molecular weight is 362 g/mol. The van der Waals surface area contributed by atoms with Crippen LogP contribution in [0, 0.1) is 11.3 Å². The Labute approximate surface area is 154 Å². The van der Waals surface area contributed by atoms with Gasteiger partial charge in [-0.05, 0) is 36.4 Å². The van der Waals surface area contributed by atoms with Gasteiger partial charge in [0.1, 0.15) is 0 Å². The second-order valence-electron chi connectivity index (χ2n) is 5.38. The number of anilines is 2. The van der Waals surface area contributed by atoms with Crippen molar-refractivity contribution in [3.8, 4) is 6.07 Å². The van der Waals surface area contributed by atoms with Gasteiger partial charge in [0.15, 0.2) is 5.13 Å². The van der Waals surface area contributed by atoms with Crippen LogP contribution in [-0.4, -0.2) is 16.8 Å². The molecule has 2 N–H and O–H groups in total. The summed E-state index contributed by atoms with van der Waals surface area (Å²) < 4.78 is 0. The van der Waals surface area contributed by atoms with E-state index in [1.165, 1.54) is 11.3 Å². The van der Waals surface area contributed by atoms with Crippen molar-refractivity contribution >= 4 is 34.0 Å². The smallest absolute Gasteiger partial charge is 0.257 e. The fourth-order valence-corrected chi connectivity index (χ4v) is 2.91. The lowest BCUT2D eigenvalue weighted by molar-refractivity contribution is -0.115. The maximum atomic E-state index is 12.1. The Bertz CT molecular complexity index is 959. The minimum Gasteiger partial charge on any atom is -0.326 e. The second kappa shape index (κ2) is 8.05. The summed E-state index contributed by atoms with van der Waals surface area (Å²) in [6.45, 7) is 0. The molecule has 0 aliphatic rings. The molecule has 3 aromatic rings. The van der Waals surface area contributed by atoms with Gasteiger partial charge in [-0.15, -0.1) is 11.3 Å². The van der Waals surface area contributed by atoms with Crippen molar-refractivity contribution in [1.29, 1.82) is 5.26 Å². The third kappa shape index (κ3) is 4.53. The predicted molar refractivity (Wildman–Crippen MR) is 100.0 cm³/mol. The number of hydrogen-bond donors (Lipinski definition) is 2. The van der Waals surface area contributed by atoms with Crippen LogP contribution in [0.3, 0.4) is 0 Å². The standard InChI is InChI=1S/C19H14N4O2S/c20-11-13-6-8-15(9-7-13)21-17(24)10-16-12-26-19(22-16)23-18(25)14-4-2-1-3-5-14/h1-9,12H,10H2,(H,21,24)(H,22,23,25). The van der Waals surface area contributed by atoms with E-state index in [1.54, 1.807) is 53.9 Å². The molecule has 0 unspecified atom stereocenters. The lowest BCUT2D eigenvalue weighted by Crippen LogP contribution is -2.15. The number of hydrogen-bond acceptors (Lipinski definition) is 5. The first-order valence-electron chi connectivity index (χ1n) is 7.75. The third-order valence-electron chi connectivity index (χ3n) is 3.45. The highest BCUT2D eigenvalue weighted by molar-refractivity contribution is 7.14. The Morgan fingerprint density at radius 3 is 2.46 bits per heavy atom. The molecule has 0 spiro atoms. The van der Waals surface area contributed by atoms with E-state index in [9.17, 15) is 9.59 Å². The van der Waals surface area contributed by atoms with E-state index >= 15 is 0 Å². The number of nitrogens with one attached hydrogen (secondary N) is 2. The van der Waals surface area contributed by atoms with Gasteiger partial charge >= 0.3 is 0 Å². The SMILES string of the molecule is N#Cc1ccc(NC(=O)Cc2csc(NC(=O)c3ccccc3)n2)cc1. The fraction of sp³-hybridized carbons (Fsp3) is 0.0526. The Balaban J connectivity index is 1.56. The molecule has 0 aliphatic carbocycles. The second-order valence-corrected chi connectivity index (χ2v) is 6.24. The number of aromatic nitrogens is 1. The zero-order valence-electron chi connectivity index (χ0n) is 13.6. The number of benzene rings is 2. The molecule has 6 nitrogen and oxygen atoms in total. The van der Waals surface area contributed by atoms with Crippen LogP contribution in [0.4, 0.5) is 10.8 Å². The van der Waals surface area contributed by atoms with Gasteiger partial charge in [0.25, 0.3) is 5.91 Å². The van der Waals surface area contributed by atoms with Gasteiger partial charge in [-0.25, -0.2) is 4.98 Å². The number of nitriles is 1. The zero-order valence-corrected chi connectivity index (χ0v) is 14.4. The fourth-order valence-electron chi connectivity index (χ4n) is 2.20. The number of amides is 2. The Kier molecular flexibility index (Phi) is 5.37. The first-order chi connectivity index (χ1) is 12.6. The lowest BCUT2D eigenvalue weighted by atomic mass is 10.2.